The SMILES string of the molecule is O=C1O[C@H]([C@@H](O)CO[C@@]2(CO)O[C@H](CO)[C@@H](O)[C@@H]2O)C(O)=C1O. The summed E-state index contributed by atoms with van der Waals surface area (Å²) in [5.41, 5.74) is 0. The fourth-order valence-corrected chi connectivity index (χ4v) is 2.34. The molecule has 0 aliphatic carbocycles. The van der Waals surface area contributed by atoms with Gasteiger partial charge >= 0.3 is 5.97 Å². The summed E-state index contributed by atoms with van der Waals surface area (Å²) in [5.74, 6) is -5.27. The maximum atomic E-state index is 11.0. The van der Waals surface area contributed by atoms with Crippen molar-refractivity contribution in [1.29, 1.82) is 0 Å². The van der Waals surface area contributed by atoms with Crippen molar-refractivity contribution in [3.8, 4) is 0 Å². The number of rotatable bonds is 6. The van der Waals surface area contributed by atoms with Crippen LogP contribution in [0.5, 0.6) is 0 Å². The maximum Gasteiger partial charge on any atom is 0.377 e. The van der Waals surface area contributed by atoms with Crippen molar-refractivity contribution >= 4 is 5.97 Å². The molecule has 0 saturated carbocycles. The number of ether oxygens (including phenoxy) is 3. The van der Waals surface area contributed by atoms with Crippen molar-refractivity contribution in [2.45, 2.75) is 36.3 Å². The second kappa shape index (κ2) is 6.57. The summed E-state index contributed by atoms with van der Waals surface area (Å²) in [7, 11) is 0. The van der Waals surface area contributed by atoms with Gasteiger partial charge in [0.15, 0.2) is 11.9 Å². The lowest BCUT2D eigenvalue weighted by Crippen LogP contribution is -2.50. The lowest BCUT2D eigenvalue weighted by Gasteiger charge is -2.31. The predicted molar refractivity (Wildman–Crippen MR) is 67.9 cm³/mol. The number of aliphatic hydroxyl groups is 7. The number of hydrogen-bond donors (Lipinski definition) is 7. The molecule has 2 aliphatic rings. The first kappa shape index (κ1) is 17.9. The molecule has 2 rings (SSSR count). The van der Waals surface area contributed by atoms with Gasteiger partial charge in [-0.25, -0.2) is 4.79 Å². The van der Waals surface area contributed by atoms with Gasteiger partial charge in [-0.15, -0.1) is 0 Å². The van der Waals surface area contributed by atoms with Crippen molar-refractivity contribution in [3.05, 3.63) is 11.5 Å². The van der Waals surface area contributed by atoms with Gasteiger partial charge in [0.1, 0.15) is 31.0 Å². The second-order valence-electron chi connectivity index (χ2n) is 5.18. The van der Waals surface area contributed by atoms with Gasteiger partial charge < -0.3 is 50.0 Å². The number of cyclic esters (lactones) is 1. The molecular weight excluding hydrogens is 320 g/mol. The van der Waals surface area contributed by atoms with Crippen molar-refractivity contribution in [2.24, 2.45) is 0 Å². The standard InChI is InChI=1S/C12H18O11/c13-1-5-6(16)10(19)12(3-14,23-5)21-2-4(15)9-7(17)8(18)11(20)22-9/h4-6,9-10,13-19H,1-3H2/t4-,5+,6+,9+,10-,12-/m0/s1. The van der Waals surface area contributed by atoms with E-state index in [1.54, 1.807) is 0 Å². The van der Waals surface area contributed by atoms with Crippen LogP contribution in [0.2, 0.25) is 0 Å². The summed E-state index contributed by atoms with van der Waals surface area (Å²) in [4.78, 5) is 11.0. The van der Waals surface area contributed by atoms with Crippen molar-refractivity contribution in [1.82, 2.24) is 0 Å². The highest BCUT2D eigenvalue weighted by atomic mass is 16.7. The summed E-state index contributed by atoms with van der Waals surface area (Å²) < 4.78 is 14.7. The van der Waals surface area contributed by atoms with E-state index >= 15 is 0 Å². The third-order valence-corrected chi connectivity index (χ3v) is 3.69. The molecule has 0 aromatic rings. The highest BCUT2D eigenvalue weighted by Gasteiger charge is 2.55. The van der Waals surface area contributed by atoms with Crippen LogP contribution in [0.25, 0.3) is 0 Å². The van der Waals surface area contributed by atoms with Crippen LogP contribution >= 0.6 is 0 Å². The molecule has 0 aromatic heterocycles. The zero-order valence-electron chi connectivity index (χ0n) is 11.8. The average molecular weight is 338 g/mol. The first-order chi connectivity index (χ1) is 10.8. The first-order valence-corrected chi connectivity index (χ1v) is 6.68. The van der Waals surface area contributed by atoms with E-state index in [0.717, 1.165) is 0 Å². The molecule has 132 valence electrons. The van der Waals surface area contributed by atoms with Crippen LogP contribution < -0.4 is 0 Å². The molecule has 6 atom stereocenters. The topological polar surface area (TPSA) is 186 Å². The van der Waals surface area contributed by atoms with E-state index in [0.29, 0.717) is 0 Å². The lowest BCUT2D eigenvalue weighted by atomic mass is 10.1. The molecule has 23 heavy (non-hydrogen) atoms. The van der Waals surface area contributed by atoms with E-state index in [4.69, 9.17) is 19.7 Å². The van der Waals surface area contributed by atoms with E-state index in [1.807, 2.05) is 0 Å². The minimum absolute atomic E-state index is 0.649. The van der Waals surface area contributed by atoms with Crippen LogP contribution in [-0.4, -0.2) is 97.8 Å². The van der Waals surface area contributed by atoms with E-state index in [-0.39, 0.29) is 0 Å². The van der Waals surface area contributed by atoms with Gasteiger partial charge in [0.05, 0.1) is 13.2 Å². The molecule has 1 saturated heterocycles. The summed E-state index contributed by atoms with van der Waals surface area (Å²) in [5, 5.41) is 66.4. The number of aliphatic hydroxyl groups excluding tert-OH is 7. The molecule has 0 aromatic carbocycles. The predicted octanol–water partition coefficient (Wildman–Crippen LogP) is -3.58. The Morgan fingerprint density at radius 1 is 1.26 bits per heavy atom. The normalized spacial score (nSPS) is 38.9. The molecule has 11 nitrogen and oxygen atoms in total. The molecule has 0 bridgehead atoms. The first-order valence-electron chi connectivity index (χ1n) is 6.68. The lowest BCUT2D eigenvalue weighted by molar-refractivity contribution is -0.285. The van der Waals surface area contributed by atoms with Crippen LogP contribution in [0.3, 0.4) is 0 Å². The number of carbonyl (C=O) groups is 1. The molecular formula is C12H18O11. The molecule has 0 spiro atoms. The molecule has 7 N–H and O–H groups in total. The molecule has 2 aliphatic heterocycles. The van der Waals surface area contributed by atoms with Crippen molar-refractivity contribution in [3.63, 3.8) is 0 Å². The average Bonchev–Trinajstić information content (AvgIpc) is 2.95. The Morgan fingerprint density at radius 2 is 1.91 bits per heavy atom. The van der Waals surface area contributed by atoms with Crippen LogP contribution in [0.1, 0.15) is 0 Å². The summed E-state index contributed by atoms with van der Waals surface area (Å²) >= 11 is 0. The third kappa shape index (κ3) is 2.99. The van der Waals surface area contributed by atoms with Crippen LogP contribution in [-0.2, 0) is 19.0 Å². The van der Waals surface area contributed by atoms with Gasteiger partial charge in [-0.3, -0.25) is 0 Å². The van der Waals surface area contributed by atoms with Gasteiger partial charge in [0.2, 0.25) is 11.5 Å². The maximum absolute atomic E-state index is 11.0. The van der Waals surface area contributed by atoms with Gasteiger partial charge in [-0.1, -0.05) is 0 Å². The van der Waals surface area contributed by atoms with E-state index in [9.17, 15) is 30.3 Å². The zero-order valence-corrected chi connectivity index (χ0v) is 11.8. The van der Waals surface area contributed by atoms with E-state index < -0.39 is 73.6 Å². The van der Waals surface area contributed by atoms with Crippen molar-refractivity contribution in [2.75, 3.05) is 19.8 Å². The fourth-order valence-electron chi connectivity index (χ4n) is 2.34. The number of esters is 1. The number of carbonyl (C=O) groups excluding carboxylic acids is 1. The highest BCUT2D eigenvalue weighted by molar-refractivity contribution is 5.89. The fraction of sp³-hybridized carbons (Fsp3) is 0.750. The second-order valence-corrected chi connectivity index (χ2v) is 5.18. The summed E-state index contributed by atoms with van der Waals surface area (Å²) in [6, 6.07) is 0. The van der Waals surface area contributed by atoms with Crippen LogP contribution in [0.15, 0.2) is 11.5 Å². The Bertz CT molecular complexity index is 491. The molecule has 11 heteroatoms. The number of hydrogen-bond acceptors (Lipinski definition) is 11. The van der Waals surface area contributed by atoms with Crippen molar-refractivity contribution < 1.29 is 54.8 Å². The zero-order chi connectivity index (χ0) is 17.4. The molecule has 0 amide bonds. The van der Waals surface area contributed by atoms with E-state index in [2.05, 4.69) is 4.74 Å². The molecule has 1 fully saturated rings. The molecule has 2 heterocycles. The minimum Gasteiger partial charge on any atom is -0.505 e. The quantitative estimate of drug-likeness (QED) is 0.237. The monoisotopic (exact) mass is 338 g/mol. The third-order valence-electron chi connectivity index (χ3n) is 3.69. The Kier molecular flexibility index (Phi) is 5.10. The van der Waals surface area contributed by atoms with Gasteiger partial charge in [0.25, 0.3) is 0 Å². The minimum atomic E-state index is -2.11. The van der Waals surface area contributed by atoms with Crippen LogP contribution in [0, 0.1) is 0 Å². The van der Waals surface area contributed by atoms with Crippen LogP contribution in [0.4, 0.5) is 0 Å². The Balaban J connectivity index is 2.03. The summed E-state index contributed by atoms with van der Waals surface area (Å²) in [6.07, 6.45) is -7.72. The van der Waals surface area contributed by atoms with Gasteiger partial charge in [0, 0.05) is 0 Å². The van der Waals surface area contributed by atoms with Gasteiger partial charge in [-0.2, -0.15) is 0 Å². The Labute approximate surface area is 129 Å². The Morgan fingerprint density at radius 3 is 2.35 bits per heavy atom. The smallest absolute Gasteiger partial charge is 0.377 e. The largest absolute Gasteiger partial charge is 0.505 e. The van der Waals surface area contributed by atoms with Gasteiger partial charge in [-0.05, 0) is 0 Å². The molecule has 0 radical (unpaired) electrons. The van der Waals surface area contributed by atoms with E-state index in [1.165, 1.54) is 0 Å². The summed E-state index contributed by atoms with van der Waals surface area (Å²) in [6.45, 7) is -2.26. The highest BCUT2D eigenvalue weighted by Crippen LogP contribution is 2.33. The Hall–Kier alpha value is -1.47. The molecule has 0 unspecified atom stereocenters.